The fourth-order valence-electron chi connectivity index (χ4n) is 2.17. The molecule has 1 aromatic carbocycles. The van der Waals surface area contributed by atoms with E-state index in [1.165, 1.54) is 0 Å². The van der Waals surface area contributed by atoms with E-state index in [4.69, 9.17) is 15.3 Å². The van der Waals surface area contributed by atoms with Gasteiger partial charge in [0.1, 0.15) is 5.75 Å². The second-order valence-corrected chi connectivity index (χ2v) is 4.35. The van der Waals surface area contributed by atoms with Gasteiger partial charge < -0.3 is 9.47 Å². The summed E-state index contributed by atoms with van der Waals surface area (Å²) >= 11 is 0. The highest BCUT2D eigenvalue weighted by Crippen LogP contribution is 2.21. The summed E-state index contributed by atoms with van der Waals surface area (Å²) in [6.07, 6.45) is 2.97. The van der Waals surface area contributed by atoms with Crippen molar-refractivity contribution in [2.24, 2.45) is 5.84 Å². The molecular weight excluding hydrogens is 228 g/mol. The molecule has 0 aliphatic heterocycles. The number of nitrogens with two attached hydrogens (primary N) is 1. The topological polar surface area (TPSA) is 56.5 Å². The van der Waals surface area contributed by atoms with Crippen LogP contribution in [0.5, 0.6) is 5.75 Å². The number of para-hydroxylation sites is 1. The Morgan fingerprint density at radius 2 is 2.00 bits per heavy atom. The Kier molecular flexibility index (Phi) is 6.72. The minimum Gasteiger partial charge on any atom is -0.496 e. The number of benzene rings is 1. The zero-order valence-electron chi connectivity index (χ0n) is 11.5. The lowest BCUT2D eigenvalue weighted by atomic mass is 9.98. The molecule has 2 unspecified atom stereocenters. The molecule has 4 nitrogen and oxygen atoms in total. The van der Waals surface area contributed by atoms with Gasteiger partial charge in [-0.15, -0.1) is 0 Å². The Morgan fingerprint density at radius 1 is 1.28 bits per heavy atom. The number of methoxy groups -OCH3 is 2. The third kappa shape index (κ3) is 3.98. The summed E-state index contributed by atoms with van der Waals surface area (Å²) in [7, 11) is 3.41. The molecule has 102 valence electrons. The van der Waals surface area contributed by atoms with E-state index < -0.39 is 0 Å². The molecule has 3 N–H and O–H groups in total. The van der Waals surface area contributed by atoms with Crippen molar-refractivity contribution in [3.05, 3.63) is 29.8 Å². The van der Waals surface area contributed by atoms with Crippen molar-refractivity contribution >= 4 is 0 Å². The SMILES string of the molecule is CCCC(OC)C(Cc1ccccc1OC)NN. The number of rotatable bonds is 8. The van der Waals surface area contributed by atoms with Crippen LogP contribution in [0.25, 0.3) is 0 Å². The monoisotopic (exact) mass is 252 g/mol. The van der Waals surface area contributed by atoms with Crippen molar-refractivity contribution in [2.75, 3.05) is 14.2 Å². The highest BCUT2D eigenvalue weighted by atomic mass is 16.5. The summed E-state index contributed by atoms with van der Waals surface area (Å²) in [6, 6.07) is 8.08. The largest absolute Gasteiger partial charge is 0.496 e. The number of ether oxygens (including phenoxy) is 2. The first kappa shape index (κ1) is 15.0. The molecule has 0 aliphatic rings. The van der Waals surface area contributed by atoms with Crippen LogP contribution in [0.4, 0.5) is 0 Å². The van der Waals surface area contributed by atoms with E-state index in [9.17, 15) is 0 Å². The summed E-state index contributed by atoms with van der Waals surface area (Å²) < 4.78 is 10.9. The average Bonchev–Trinajstić information content (AvgIpc) is 2.43. The van der Waals surface area contributed by atoms with Crippen LogP contribution in [-0.2, 0) is 11.2 Å². The average molecular weight is 252 g/mol. The van der Waals surface area contributed by atoms with Gasteiger partial charge in [0.05, 0.1) is 19.3 Å². The van der Waals surface area contributed by atoms with Gasteiger partial charge in [-0.1, -0.05) is 31.5 Å². The zero-order valence-corrected chi connectivity index (χ0v) is 11.5. The van der Waals surface area contributed by atoms with Crippen molar-refractivity contribution in [1.82, 2.24) is 5.43 Å². The van der Waals surface area contributed by atoms with Crippen LogP contribution >= 0.6 is 0 Å². The first-order valence-electron chi connectivity index (χ1n) is 6.37. The molecule has 2 atom stereocenters. The van der Waals surface area contributed by atoms with Gasteiger partial charge in [-0.25, -0.2) is 0 Å². The quantitative estimate of drug-likeness (QED) is 0.548. The lowest BCUT2D eigenvalue weighted by Crippen LogP contribution is -2.46. The Balaban J connectivity index is 2.78. The van der Waals surface area contributed by atoms with Crippen LogP contribution in [0.2, 0.25) is 0 Å². The van der Waals surface area contributed by atoms with Gasteiger partial charge in [-0.3, -0.25) is 11.3 Å². The minimum absolute atomic E-state index is 0.0891. The molecule has 0 fully saturated rings. The van der Waals surface area contributed by atoms with Crippen LogP contribution in [-0.4, -0.2) is 26.4 Å². The second kappa shape index (κ2) is 8.08. The van der Waals surface area contributed by atoms with E-state index >= 15 is 0 Å². The van der Waals surface area contributed by atoms with Crippen molar-refractivity contribution in [3.8, 4) is 5.75 Å². The fourth-order valence-corrected chi connectivity index (χ4v) is 2.17. The Bertz CT molecular complexity index is 344. The van der Waals surface area contributed by atoms with Gasteiger partial charge >= 0.3 is 0 Å². The van der Waals surface area contributed by atoms with Crippen LogP contribution in [0.1, 0.15) is 25.3 Å². The molecule has 18 heavy (non-hydrogen) atoms. The van der Waals surface area contributed by atoms with Crippen LogP contribution in [0.15, 0.2) is 24.3 Å². The van der Waals surface area contributed by atoms with Crippen LogP contribution in [0.3, 0.4) is 0 Å². The molecule has 0 aromatic heterocycles. The summed E-state index contributed by atoms with van der Waals surface area (Å²) in [5, 5.41) is 0. The van der Waals surface area contributed by atoms with E-state index in [1.807, 2.05) is 18.2 Å². The summed E-state index contributed by atoms with van der Waals surface area (Å²) in [6.45, 7) is 2.14. The zero-order chi connectivity index (χ0) is 13.4. The summed E-state index contributed by atoms with van der Waals surface area (Å²) in [5.74, 6) is 6.54. The van der Waals surface area contributed by atoms with Gasteiger partial charge in [-0.05, 0) is 24.5 Å². The number of hydrogen-bond acceptors (Lipinski definition) is 4. The highest BCUT2D eigenvalue weighted by Gasteiger charge is 2.20. The third-order valence-electron chi connectivity index (χ3n) is 3.17. The normalized spacial score (nSPS) is 14.2. The molecule has 1 rings (SSSR count). The summed E-state index contributed by atoms with van der Waals surface area (Å²) in [4.78, 5) is 0. The molecule has 0 saturated heterocycles. The van der Waals surface area contributed by atoms with Crippen LogP contribution < -0.4 is 16.0 Å². The van der Waals surface area contributed by atoms with Gasteiger partial charge in [0.15, 0.2) is 0 Å². The molecule has 0 spiro atoms. The van der Waals surface area contributed by atoms with Crippen LogP contribution in [0, 0.1) is 0 Å². The van der Waals surface area contributed by atoms with E-state index in [-0.39, 0.29) is 12.1 Å². The molecule has 1 aromatic rings. The van der Waals surface area contributed by atoms with Gasteiger partial charge in [0, 0.05) is 7.11 Å². The number of hydrazine groups is 1. The Hall–Kier alpha value is -1.10. The predicted octanol–water partition coefficient (Wildman–Crippen LogP) is 1.88. The van der Waals surface area contributed by atoms with Crippen molar-refractivity contribution < 1.29 is 9.47 Å². The van der Waals surface area contributed by atoms with E-state index in [1.54, 1.807) is 14.2 Å². The third-order valence-corrected chi connectivity index (χ3v) is 3.17. The molecule has 0 saturated carbocycles. The maximum Gasteiger partial charge on any atom is 0.122 e. The maximum atomic E-state index is 5.65. The smallest absolute Gasteiger partial charge is 0.122 e. The standard InChI is InChI=1S/C14H24N2O2/c1-4-7-14(18-3)12(16-15)10-11-8-5-6-9-13(11)17-2/h5-6,8-9,12,14,16H,4,7,10,15H2,1-3H3. The molecule has 0 heterocycles. The molecule has 0 aliphatic carbocycles. The first-order chi connectivity index (χ1) is 8.76. The molecule has 0 amide bonds. The Morgan fingerprint density at radius 3 is 2.56 bits per heavy atom. The first-order valence-corrected chi connectivity index (χ1v) is 6.37. The van der Waals surface area contributed by atoms with E-state index in [0.717, 1.165) is 30.6 Å². The second-order valence-electron chi connectivity index (χ2n) is 4.35. The molecule has 0 radical (unpaired) electrons. The Labute approximate surface area is 109 Å². The van der Waals surface area contributed by atoms with Crippen molar-refractivity contribution in [1.29, 1.82) is 0 Å². The fraction of sp³-hybridized carbons (Fsp3) is 0.571. The number of hydrogen-bond donors (Lipinski definition) is 2. The number of nitrogens with one attached hydrogen (secondary N) is 1. The van der Waals surface area contributed by atoms with E-state index in [2.05, 4.69) is 18.4 Å². The van der Waals surface area contributed by atoms with Gasteiger partial charge in [0.25, 0.3) is 0 Å². The minimum atomic E-state index is 0.0891. The van der Waals surface area contributed by atoms with Crippen molar-refractivity contribution in [3.63, 3.8) is 0 Å². The van der Waals surface area contributed by atoms with Gasteiger partial charge in [-0.2, -0.15) is 0 Å². The predicted molar refractivity (Wildman–Crippen MR) is 73.5 cm³/mol. The summed E-state index contributed by atoms with van der Waals surface area (Å²) in [5.41, 5.74) is 4.00. The molecule has 0 bridgehead atoms. The van der Waals surface area contributed by atoms with Crippen molar-refractivity contribution in [2.45, 2.75) is 38.3 Å². The lowest BCUT2D eigenvalue weighted by molar-refractivity contribution is 0.0607. The maximum absolute atomic E-state index is 5.65. The lowest BCUT2D eigenvalue weighted by Gasteiger charge is -2.25. The highest BCUT2D eigenvalue weighted by molar-refractivity contribution is 5.34. The molecular formula is C14H24N2O2. The van der Waals surface area contributed by atoms with Gasteiger partial charge in [0.2, 0.25) is 0 Å². The van der Waals surface area contributed by atoms with E-state index in [0.29, 0.717) is 0 Å². The molecule has 4 heteroatoms.